The average Bonchev–Trinajstić information content (AvgIpc) is 2.83. The molecule has 4 heteroatoms. The number of carbonyl (C=O) groups is 1. The van der Waals surface area contributed by atoms with Gasteiger partial charge in [-0.25, -0.2) is 0 Å². The summed E-state index contributed by atoms with van der Waals surface area (Å²) >= 11 is 0. The van der Waals surface area contributed by atoms with Gasteiger partial charge in [-0.15, -0.1) is 0 Å². The van der Waals surface area contributed by atoms with E-state index in [2.05, 4.69) is 53.5 Å². The van der Waals surface area contributed by atoms with Crippen molar-refractivity contribution in [3.8, 4) is 5.75 Å². The fourth-order valence-electron chi connectivity index (χ4n) is 4.51. The standard InChI is InChI=1S/C27H34N2O2/c1-2-26(31-25-15-14-23-12-6-7-13-24(23)21-25)27(30)29-19-17-28(18-20-29)16-8-11-22-9-4-3-5-10-22/h3-5,8-11,14-15,21,26H,2,6-7,12-13,16-20H2,1H3/b11-8+. The number of ether oxygens (including phenoxy) is 1. The highest BCUT2D eigenvalue weighted by Gasteiger charge is 2.27. The Bertz CT molecular complexity index is 885. The molecular formula is C27H34N2O2. The van der Waals surface area contributed by atoms with Crippen molar-refractivity contribution in [2.75, 3.05) is 32.7 Å². The van der Waals surface area contributed by atoms with E-state index >= 15 is 0 Å². The summed E-state index contributed by atoms with van der Waals surface area (Å²) in [7, 11) is 0. The van der Waals surface area contributed by atoms with Crippen LogP contribution in [0.5, 0.6) is 5.75 Å². The normalized spacial score (nSPS) is 18.0. The monoisotopic (exact) mass is 418 g/mol. The first-order valence-corrected chi connectivity index (χ1v) is 11.7. The summed E-state index contributed by atoms with van der Waals surface area (Å²) in [5, 5.41) is 0. The van der Waals surface area contributed by atoms with Crippen LogP contribution in [-0.2, 0) is 17.6 Å². The van der Waals surface area contributed by atoms with E-state index in [0.717, 1.165) is 51.3 Å². The second-order valence-corrected chi connectivity index (χ2v) is 8.59. The van der Waals surface area contributed by atoms with Gasteiger partial charge in [-0.1, -0.05) is 55.5 Å². The Labute approximate surface area is 186 Å². The minimum absolute atomic E-state index is 0.125. The summed E-state index contributed by atoms with van der Waals surface area (Å²) < 4.78 is 6.17. The predicted molar refractivity (Wildman–Crippen MR) is 126 cm³/mol. The Morgan fingerprint density at radius 2 is 1.74 bits per heavy atom. The van der Waals surface area contributed by atoms with Gasteiger partial charge in [-0.2, -0.15) is 0 Å². The molecule has 2 aromatic carbocycles. The lowest BCUT2D eigenvalue weighted by Gasteiger charge is -2.35. The third-order valence-corrected chi connectivity index (χ3v) is 6.40. The molecule has 0 N–H and O–H groups in total. The average molecular weight is 419 g/mol. The zero-order valence-electron chi connectivity index (χ0n) is 18.6. The zero-order valence-corrected chi connectivity index (χ0v) is 18.6. The first-order valence-electron chi connectivity index (χ1n) is 11.7. The van der Waals surface area contributed by atoms with E-state index in [9.17, 15) is 4.79 Å². The summed E-state index contributed by atoms with van der Waals surface area (Å²) in [5.74, 6) is 0.963. The van der Waals surface area contributed by atoms with Gasteiger partial charge in [0, 0.05) is 32.7 Å². The number of piperazine rings is 1. The Hall–Kier alpha value is -2.59. The van der Waals surface area contributed by atoms with E-state index in [4.69, 9.17) is 4.74 Å². The molecule has 1 amide bonds. The van der Waals surface area contributed by atoms with Gasteiger partial charge in [-0.3, -0.25) is 9.69 Å². The van der Waals surface area contributed by atoms with Crippen molar-refractivity contribution in [3.63, 3.8) is 0 Å². The molecule has 2 aliphatic rings. The van der Waals surface area contributed by atoms with Crippen LogP contribution in [0.1, 0.15) is 42.9 Å². The van der Waals surface area contributed by atoms with Crippen molar-refractivity contribution in [1.29, 1.82) is 0 Å². The molecule has 1 heterocycles. The molecule has 4 rings (SSSR count). The van der Waals surface area contributed by atoms with Crippen molar-refractivity contribution >= 4 is 12.0 Å². The molecule has 1 unspecified atom stereocenters. The summed E-state index contributed by atoms with van der Waals surface area (Å²) in [6, 6.07) is 16.7. The Kier molecular flexibility index (Phi) is 7.42. The molecule has 0 radical (unpaired) electrons. The number of nitrogens with zero attached hydrogens (tertiary/aromatic N) is 2. The van der Waals surface area contributed by atoms with Gasteiger partial charge < -0.3 is 9.64 Å². The van der Waals surface area contributed by atoms with Crippen LogP contribution in [0.3, 0.4) is 0 Å². The molecule has 0 spiro atoms. The van der Waals surface area contributed by atoms with Crippen LogP contribution < -0.4 is 4.74 Å². The Morgan fingerprint density at radius 3 is 2.48 bits per heavy atom. The lowest BCUT2D eigenvalue weighted by Crippen LogP contribution is -2.52. The van der Waals surface area contributed by atoms with Crippen LogP contribution in [0.4, 0.5) is 0 Å². The first-order chi connectivity index (χ1) is 15.2. The van der Waals surface area contributed by atoms with Gasteiger partial charge in [0.2, 0.25) is 0 Å². The molecule has 1 atom stereocenters. The Morgan fingerprint density at radius 1 is 1.00 bits per heavy atom. The number of rotatable bonds is 7. The van der Waals surface area contributed by atoms with Crippen LogP contribution in [0.25, 0.3) is 6.08 Å². The van der Waals surface area contributed by atoms with Crippen molar-refractivity contribution in [3.05, 3.63) is 71.3 Å². The number of benzene rings is 2. The quantitative estimate of drug-likeness (QED) is 0.660. The fourth-order valence-corrected chi connectivity index (χ4v) is 4.51. The molecule has 2 aromatic rings. The molecular weight excluding hydrogens is 384 g/mol. The minimum Gasteiger partial charge on any atom is -0.481 e. The first kappa shape index (κ1) is 21.6. The molecule has 4 nitrogen and oxygen atoms in total. The molecule has 0 saturated carbocycles. The summed E-state index contributed by atoms with van der Waals surface area (Å²) in [5.41, 5.74) is 4.06. The molecule has 1 saturated heterocycles. The number of fused-ring (bicyclic) bond motifs is 1. The van der Waals surface area contributed by atoms with Crippen molar-refractivity contribution in [2.24, 2.45) is 0 Å². The van der Waals surface area contributed by atoms with Crippen molar-refractivity contribution in [2.45, 2.75) is 45.1 Å². The zero-order chi connectivity index (χ0) is 21.5. The van der Waals surface area contributed by atoms with Gasteiger partial charge in [-0.05, 0) is 60.9 Å². The number of aryl methyl sites for hydroxylation is 2. The highest BCUT2D eigenvalue weighted by atomic mass is 16.5. The maximum Gasteiger partial charge on any atom is 0.263 e. The maximum atomic E-state index is 13.1. The Balaban J connectivity index is 1.27. The van der Waals surface area contributed by atoms with Gasteiger partial charge in [0.05, 0.1) is 0 Å². The number of carbonyl (C=O) groups excluding carboxylic acids is 1. The van der Waals surface area contributed by atoms with Crippen molar-refractivity contribution in [1.82, 2.24) is 9.80 Å². The van der Waals surface area contributed by atoms with E-state index in [0.29, 0.717) is 6.42 Å². The van der Waals surface area contributed by atoms with Crippen LogP contribution in [0.2, 0.25) is 0 Å². The van der Waals surface area contributed by atoms with E-state index in [1.165, 1.54) is 29.5 Å². The topological polar surface area (TPSA) is 32.8 Å². The second kappa shape index (κ2) is 10.6. The van der Waals surface area contributed by atoms with Crippen molar-refractivity contribution < 1.29 is 9.53 Å². The smallest absolute Gasteiger partial charge is 0.263 e. The van der Waals surface area contributed by atoms with Crippen LogP contribution in [-0.4, -0.2) is 54.5 Å². The highest BCUT2D eigenvalue weighted by molar-refractivity contribution is 5.81. The van der Waals surface area contributed by atoms with Crippen LogP contribution in [0, 0.1) is 0 Å². The molecule has 1 fully saturated rings. The largest absolute Gasteiger partial charge is 0.481 e. The third kappa shape index (κ3) is 5.76. The number of hydrogen-bond acceptors (Lipinski definition) is 3. The lowest BCUT2D eigenvalue weighted by atomic mass is 9.92. The summed E-state index contributed by atoms with van der Waals surface area (Å²) in [6.45, 7) is 6.29. The SMILES string of the molecule is CCC(Oc1ccc2c(c1)CCCC2)C(=O)N1CCN(C/C=C/c2ccccc2)CC1. The maximum absolute atomic E-state index is 13.1. The minimum atomic E-state index is -0.397. The van der Waals surface area contributed by atoms with Crippen LogP contribution >= 0.6 is 0 Å². The molecule has 31 heavy (non-hydrogen) atoms. The third-order valence-electron chi connectivity index (χ3n) is 6.40. The van der Waals surface area contributed by atoms with E-state index in [1.807, 2.05) is 24.0 Å². The van der Waals surface area contributed by atoms with E-state index in [-0.39, 0.29) is 5.91 Å². The molecule has 1 aliphatic heterocycles. The second-order valence-electron chi connectivity index (χ2n) is 8.59. The van der Waals surface area contributed by atoms with Crippen LogP contribution in [0.15, 0.2) is 54.6 Å². The van der Waals surface area contributed by atoms with E-state index in [1.54, 1.807) is 0 Å². The molecule has 0 bridgehead atoms. The number of hydrogen-bond donors (Lipinski definition) is 0. The lowest BCUT2D eigenvalue weighted by molar-refractivity contribution is -0.140. The fraction of sp³-hybridized carbons (Fsp3) is 0.444. The molecule has 1 aliphatic carbocycles. The van der Waals surface area contributed by atoms with Gasteiger partial charge >= 0.3 is 0 Å². The predicted octanol–water partition coefficient (Wildman–Crippen LogP) is 4.58. The van der Waals surface area contributed by atoms with E-state index < -0.39 is 6.10 Å². The van der Waals surface area contributed by atoms with Gasteiger partial charge in [0.1, 0.15) is 5.75 Å². The summed E-state index contributed by atoms with van der Waals surface area (Å²) in [4.78, 5) is 17.5. The van der Waals surface area contributed by atoms with Gasteiger partial charge in [0.25, 0.3) is 5.91 Å². The molecule has 0 aromatic heterocycles. The molecule has 164 valence electrons. The van der Waals surface area contributed by atoms with Gasteiger partial charge in [0.15, 0.2) is 6.10 Å². The highest BCUT2D eigenvalue weighted by Crippen LogP contribution is 2.26. The number of amides is 1. The summed E-state index contributed by atoms with van der Waals surface area (Å²) in [6.07, 6.45) is 9.48.